The molecule has 1 aromatic carbocycles. The molecule has 0 aromatic heterocycles. The third-order valence-corrected chi connectivity index (χ3v) is 6.28. The Kier molecular flexibility index (Phi) is 5.13. The van der Waals surface area contributed by atoms with Crippen LogP contribution in [-0.4, -0.2) is 23.4 Å². The fourth-order valence-corrected chi connectivity index (χ4v) is 4.90. The average Bonchev–Trinajstić information content (AvgIpc) is 2.90. The van der Waals surface area contributed by atoms with E-state index in [0.29, 0.717) is 23.8 Å². The Balaban J connectivity index is 1.72. The van der Waals surface area contributed by atoms with Crippen molar-refractivity contribution in [3.8, 4) is 0 Å². The summed E-state index contributed by atoms with van der Waals surface area (Å²) in [4.78, 5) is 14.2. The van der Waals surface area contributed by atoms with Crippen LogP contribution in [0.25, 0.3) is 0 Å². The Bertz CT molecular complexity index is 562. The van der Waals surface area contributed by atoms with Gasteiger partial charge in [0.2, 0.25) is 5.91 Å². The van der Waals surface area contributed by atoms with E-state index in [1.807, 2.05) is 6.07 Å². The molecule has 3 rings (SSSR count). The summed E-state index contributed by atoms with van der Waals surface area (Å²) in [5, 5.41) is 0.848. The molecule has 1 aliphatic carbocycles. The molecule has 22 heavy (non-hydrogen) atoms. The Morgan fingerprint density at radius 1 is 1.32 bits per heavy atom. The molecule has 1 heterocycles. The smallest absolute Gasteiger partial charge is 0.222 e. The van der Waals surface area contributed by atoms with E-state index in [1.165, 1.54) is 18.4 Å². The summed E-state index contributed by atoms with van der Waals surface area (Å²) in [5.41, 5.74) is 1.23. The first-order valence-electron chi connectivity index (χ1n) is 8.29. The van der Waals surface area contributed by atoms with E-state index in [4.69, 9.17) is 11.6 Å². The molecule has 2 aliphatic rings. The van der Waals surface area contributed by atoms with Crippen LogP contribution in [0.4, 0.5) is 0 Å². The van der Waals surface area contributed by atoms with Crippen LogP contribution in [0, 0.1) is 11.8 Å². The third kappa shape index (κ3) is 3.35. The second kappa shape index (κ2) is 6.92. The molecule has 2 nitrogen and oxygen atoms in total. The van der Waals surface area contributed by atoms with Crippen molar-refractivity contribution in [1.29, 1.82) is 0 Å². The number of hydrogen-bond donors (Lipinski definition) is 0. The van der Waals surface area contributed by atoms with Gasteiger partial charge in [-0.15, -0.1) is 0 Å². The van der Waals surface area contributed by atoms with Gasteiger partial charge in [0.25, 0.3) is 0 Å². The van der Waals surface area contributed by atoms with Gasteiger partial charge < -0.3 is 4.90 Å². The molecule has 1 amide bonds. The number of carbonyl (C=O) groups excluding carboxylic acids is 1. The number of nitrogens with zero attached hydrogens (tertiary/aromatic N) is 1. The second-order valence-corrected chi connectivity index (χ2v) is 8.07. The molecule has 1 saturated carbocycles. The quantitative estimate of drug-likeness (QED) is 0.712. The first-order valence-corrected chi connectivity index (χ1v) is 9.46. The van der Waals surface area contributed by atoms with Gasteiger partial charge >= 0.3 is 0 Å². The van der Waals surface area contributed by atoms with Gasteiger partial charge in [-0.3, -0.25) is 4.79 Å². The minimum atomic E-state index is 0.360. The van der Waals surface area contributed by atoms with Gasteiger partial charge in [0.05, 0.1) is 0 Å². The van der Waals surface area contributed by atoms with Crippen LogP contribution in [0.15, 0.2) is 22.7 Å². The number of amides is 1. The molecule has 1 aromatic rings. The van der Waals surface area contributed by atoms with E-state index in [-0.39, 0.29) is 0 Å². The van der Waals surface area contributed by atoms with Gasteiger partial charge in [0.1, 0.15) is 0 Å². The predicted octanol–water partition coefficient (Wildman–Crippen LogP) is 5.07. The Hall–Kier alpha value is -0.540. The molecule has 0 spiro atoms. The van der Waals surface area contributed by atoms with Crippen molar-refractivity contribution in [2.75, 3.05) is 6.54 Å². The van der Waals surface area contributed by atoms with E-state index in [2.05, 4.69) is 39.9 Å². The van der Waals surface area contributed by atoms with E-state index in [0.717, 1.165) is 41.7 Å². The summed E-state index contributed by atoms with van der Waals surface area (Å²) in [6, 6.07) is 6.61. The van der Waals surface area contributed by atoms with Crippen LogP contribution in [0.1, 0.15) is 44.6 Å². The van der Waals surface area contributed by atoms with E-state index >= 15 is 0 Å². The second-order valence-electron chi connectivity index (χ2n) is 6.75. The lowest BCUT2D eigenvalue weighted by molar-refractivity contribution is -0.131. The van der Waals surface area contributed by atoms with Crippen LogP contribution in [-0.2, 0) is 11.2 Å². The van der Waals surface area contributed by atoms with Crippen molar-refractivity contribution in [3.05, 3.63) is 33.3 Å². The lowest BCUT2D eigenvalue weighted by Crippen LogP contribution is -2.45. The largest absolute Gasteiger partial charge is 0.339 e. The maximum absolute atomic E-state index is 12.1. The first-order chi connectivity index (χ1) is 10.6. The Morgan fingerprint density at radius 2 is 2.14 bits per heavy atom. The normalized spacial score (nSPS) is 29.1. The zero-order valence-electron chi connectivity index (χ0n) is 13.0. The number of halogens is 2. The van der Waals surface area contributed by atoms with Gasteiger partial charge in [-0.2, -0.15) is 0 Å². The Morgan fingerprint density at radius 3 is 2.82 bits per heavy atom. The number of likely N-dealkylation sites (tertiary alicyclic amines) is 1. The lowest BCUT2D eigenvalue weighted by atomic mass is 9.73. The van der Waals surface area contributed by atoms with E-state index in [1.54, 1.807) is 0 Å². The maximum atomic E-state index is 12.1. The zero-order valence-corrected chi connectivity index (χ0v) is 15.4. The predicted molar refractivity (Wildman–Crippen MR) is 94.1 cm³/mol. The maximum Gasteiger partial charge on any atom is 0.222 e. The highest BCUT2D eigenvalue weighted by atomic mass is 79.9. The highest BCUT2D eigenvalue weighted by Crippen LogP contribution is 2.38. The van der Waals surface area contributed by atoms with Gasteiger partial charge in [-0.25, -0.2) is 0 Å². The fourth-order valence-electron chi connectivity index (χ4n) is 4.15. The van der Waals surface area contributed by atoms with Crippen molar-refractivity contribution < 1.29 is 4.79 Å². The van der Waals surface area contributed by atoms with Gasteiger partial charge in [0, 0.05) is 28.5 Å². The van der Waals surface area contributed by atoms with E-state index < -0.39 is 0 Å². The van der Waals surface area contributed by atoms with Crippen LogP contribution >= 0.6 is 27.5 Å². The number of rotatable bonds is 3. The van der Waals surface area contributed by atoms with Crippen LogP contribution in [0.2, 0.25) is 5.02 Å². The average molecular weight is 385 g/mol. The van der Waals surface area contributed by atoms with Crippen molar-refractivity contribution in [2.24, 2.45) is 11.8 Å². The van der Waals surface area contributed by atoms with Gasteiger partial charge in [-0.05, 0) is 55.2 Å². The summed E-state index contributed by atoms with van der Waals surface area (Å²) < 4.78 is 1.03. The standard InChI is InChI=1S/C18H23BrClNO/c1-12-13(10-14-7-8-15(19)11-16(14)20)4-2-5-17(12)21-9-3-6-18(21)22/h7-8,11-13,17H,2-6,9-10H2,1H3. The summed E-state index contributed by atoms with van der Waals surface area (Å²) in [5.74, 6) is 1.53. The van der Waals surface area contributed by atoms with Crippen LogP contribution in [0.3, 0.4) is 0 Å². The zero-order chi connectivity index (χ0) is 15.7. The summed E-state index contributed by atoms with van der Waals surface area (Å²) >= 11 is 9.85. The van der Waals surface area contributed by atoms with Crippen LogP contribution in [0.5, 0.6) is 0 Å². The number of benzene rings is 1. The molecule has 3 atom stereocenters. The molecule has 0 N–H and O–H groups in total. The minimum absolute atomic E-state index is 0.360. The monoisotopic (exact) mass is 383 g/mol. The minimum Gasteiger partial charge on any atom is -0.339 e. The summed E-state index contributed by atoms with van der Waals surface area (Å²) in [7, 11) is 0. The molecule has 1 saturated heterocycles. The van der Waals surface area contributed by atoms with E-state index in [9.17, 15) is 4.79 Å². The number of hydrogen-bond acceptors (Lipinski definition) is 1. The number of carbonyl (C=O) groups is 1. The van der Waals surface area contributed by atoms with Crippen molar-refractivity contribution in [2.45, 2.75) is 51.5 Å². The first kappa shape index (κ1) is 16.3. The third-order valence-electron chi connectivity index (χ3n) is 5.43. The molecular formula is C18H23BrClNO. The lowest BCUT2D eigenvalue weighted by Gasteiger charge is -2.41. The molecule has 0 radical (unpaired) electrons. The molecule has 2 fully saturated rings. The molecule has 3 unspecified atom stereocenters. The fraction of sp³-hybridized carbons (Fsp3) is 0.611. The van der Waals surface area contributed by atoms with Crippen LogP contribution < -0.4 is 0 Å². The molecule has 1 aliphatic heterocycles. The molecular weight excluding hydrogens is 362 g/mol. The van der Waals surface area contributed by atoms with Gasteiger partial charge in [-0.1, -0.05) is 46.9 Å². The van der Waals surface area contributed by atoms with Gasteiger partial charge in [0.15, 0.2) is 0 Å². The van der Waals surface area contributed by atoms with Crippen molar-refractivity contribution in [3.63, 3.8) is 0 Å². The van der Waals surface area contributed by atoms with Crippen molar-refractivity contribution >= 4 is 33.4 Å². The SMILES string of the molecule is CC1C(Cc2ccc(Br)cc2Cl)CCCC1N1CCCC1=O. The van der Waals surface area contributed by atoms with Crippen molar-refractivity contribution in [1.82, 2.24) is 4.90 Å². The molecule has 120 valence electrons. The summed E-state index contributed by atoms with van der Waals surface area (Å²) in [6.45, 7) is 3.28. The molecule has 4 heteroatoms. The molecule has 0 bridgehead atoms. The highest BCUT2D eigenvalue weighted by Gasteiger charge is 2.37. The Labute approximate surface area is 146 Å². The topological polar surface area (TPSA) is 20.3 Å². The highest BCUT2D eigenvalue weighted by molar-refractivity contribution is 9.10. The summed E-state index contributed by atoms with van der Waals surface area (Å²) in [6.07, 6.45) is 6.42.